The third-order valence-electron chi connectivity index (χ3n) is 3.66. The average Bonchev–Trinajstić information content (AvgIpc) is 2.62. The molecule has 28 heavy (non-hydrogen) atoms. The van der Waals surface area contributed by atoms with Crippen LogP contribution in [0.15, 0.2) is 24.3 Å². The Morgan fingerprint density at radius 1 is 1.14 bits per heavy atom. The molecule has 0 aromatic heterocycles. The molecular formula is C17H25N5O6. The number of hydrogen-bond acceptors (Lipinski definition) is 6. The predicted molar refractivity (Wildman–Crippen MR) is 100 cm³/mol. The summed E-state index contributed by atoms with van der Waals surface area (Å²) in [6, 6.07) is 5.27. The summed E-state index contributed by atoms with van der Waals surface area (Å²) in [5.74, 6) is -1.09. The first-order chi connectivity index (χ1) is 13.1. The Balaban J connectivity index is 2.71. The first kappa shape index (κ1) is 22.7. The highest BCUT2D eigenvalue weighted by atomic mass is 16.6. The zero-order valence-corrected chi connectivity index (χ0v) is 15.7. The molecule has 11 heteroatoms. The molecule has 0 spiro atoms. The number of amides is 5. The molecule has 11 nitrogen and oxygen atoms in total. The normalized spacial score (nSPS) is 12.4. The van der Waals surface area contributed by atoms with E-state index >= 15 is 0 Å². The van der Waals surface area contributed by atoms with Gasteiger partial charge in [0.2, 0.25) is 0 Å². The molecule has 0 heterocycles. The number of nitrogens with two attached hydrogens (primary N) is 2. The maximum absolute atomic E-state index is 12.3. The SMILES string of the molecule is CN(C)C(=O)C(O)c1ccc(NC(=O)C(CCCNC(N)=O)OC(N)=O)cc1. The number of carbonyl (C=O) groups is 4. The molecule has 1 aromatic carbocycles. The number of hydrogen-bond donors (Lipinski definition) is 5. The number of aliphatic hydroxyl groups is 1. The van der Waals surface area contributed by atoms with Crippen molar-refractivity contribution in [3.05, 3.63) is 29.8 Å². The minimum Gasteiger partial charge on any atom is -0.436 e. The minimum absolute atomic E-state index is 0.114. The van der Waals surface area contributed by atoms with E-state index in [4.69, 9.17) is 16.2 Å². The van der Waals surface area contributed by atoms with Crippen LogP contribution in [-0.4, -0.2) is 60.7 Å². The lowest BCUT2D eigenvalue weighted by Gasteiger charge is -2.18. The van der Waals surface area contributed by atoms with E-state index in [0.29, 0.717) is 17.7 Å². The lowest BCUT2D eigenvalue weighted by atomic mass is 10.1. The van der Waals surface area contributed by atoms with Crippen molar-refractivity contribution < 1.29 is 29.0 Å². The van der Waals surface area contributed by atoms with Crippen molar-refractivity contribution in [3.63, 3.8) is 0 Å². The maximum Gasteiger partial charge on any atom is 0.405 e. The van der Waals surface area contributed by atoms with E-state index in [1.807, 2.05) is 0 Å². The number of benzene rings is 1. The van der Waals surface area contributed by atoms with Crippen LogP contribution < -0.4 is 22.1 Å². The third-order valence-corrected chi connectivity index (χ3v) is 3.66. The predicted octanol–water partition coefficient (Wildman–Crippen LogP) is -0.341. The molecule has 154 valence electrons. The number of carbonyl (C=O) groups excluding carboxylic acids is 4. The topological polar surface area (TPSA) is 177 Å². The Kier molecular flexibility index (Phi) is 8.69. The summed E-state index contributed by atoms with van der Waals surface area (Å²) in [5.41, 5.74) is 10.7. The third kappa shape index (κ3) is 7.50. The number of urea groups is 1. The lowest BCUT2D eigenvalue weighted by Crippen LogP contribution is -2.36. The summed E-state index contributed by atoms with van der Waals surface area (Å²) in [6.07, 6.45) is -3.14. The van der Waals surface area contributed by atoms with Gasteiger partial charge in [-0.2, -0.15) is 0 Å². The van der Waals surface area contributed by atoms with E-state index in [-0.39, 0.29) is 13.0 Å². The highest BCUT2D eigenvalue weighted by Crippen LogP contribution is 2.18. The van der Waals surface area contributed by atoms with Gasteiger partial charge in [-0.3, -0.25) is 9.59 Å². The van der Waals surface area contributed by atoms with Gasteiger partial charge < -0.3 is 36.8 Å². The molecule has 0 saturated heterocycles. The van der Waals surface area contributed by atoms with E-state index in [1.54, 1.807) is 0 Å². The Hall–Kier alpha value is -3.34. The molecule has 0 aliphatic heterocycles. The van der Waals surface area contributed by atoms with Gasteiger partial charge in [0.25, 0.3) is 11.8 Å². The van der Waals surface area contributed by atoms with Gasteiger partial charge in [0.05, 0.1) is 0 Å². The molecule has 0 radical (unpaired) electrons. The largest absolute Gasteiger partial charge is 0.436 e. The summed E-state index contributed by atoms with van der Waals surface area (Å²) in [4.78, 5) is 47.0. The van der Waals surface area contributed by atoms with Gasteiger partial charge in [0.1, 0.15) is 0 Å². The van der Waals surface area contributed by atoms with Gasteiger partial charge in [-0.05, 0) is 30.5 Å². The van der Waals surface area contributed by atoms with Crippen molar-refractivity contribution >= 4 is 29.6 Å². The highest BCUT2D eigenvalue weighted by molar-refractivity contribution is 5.95. The van der Waals surface area contributed by atoms with Gasteiger partial charge in [0, 0.05) is 26.3 Å². The van der Waals surface area contributed by atoms with Crippen LogP contribution in [0.25, 0.3) is 0 Å². The lowest BCUT2D eigenvalue weighted by molar-refractivity contribution is -0.137. The second-order valence-corrected chi connectivity index (χ2v) is 6.11. The van der Waals surface area contributed by atoms with E-state index in [2.05, 4.69) is 10.6 Å². The van der Waals surface area contributed by atoms with Gasteiger partial charge >= 0.3 is 12.1 Å². The van der Waals surface area contributed by atoms with Crippen LogP contribution >= 0.6 is 0 Å². The number of likely N-dealkylation sites (N-methyl/N-ethyl adjacent to an activating group) is 1. The fourth-order valence-corrected chi connectivity index (χ4v) is 2.24. The number of nitrogens with zero attached hydrogens (tertiary/aromatic N) is 1. The van der Waals surface area contributed by atoms with Gasteiger partial charge in [-0.25, -0.2) is 9.59 Å². The molecule has 0 bridgehead atoms. The summed E-state index contributed by atoms with van der Waals surface area (Å²) < 4.78 is 4.80. The minimum atomic E-state index is -1.32. The smallest absolute Gasteiger partial charge is 0.405 e. The summed E-state index contributed by atoms with van der Waals surface area (Å²) in [6.45, 7) is 0.202. The first-order valence-electron chi connectivity index (χ1n) is 8.41. The van der Waals surface area contributed by atoms with Crippen molar-refractivity contribution in [2.45, 2.75) is 25.0 Å². The Labute approximate surface area is 162 Å². The van der Waals surface area contributed by atoms with E-state index in [9.17, 15) is 24.3 Å². The molecule has 5 amide bonds. The molecule has 2 unspecified atom stereocenters. The molecule has 7 N–H and O–H groups in total. The standard InChI is InChI=1S/C17H25N5O6/c1-22(2)15(25)13(23)10-5-7-11(8-6-10)21-14(24)12(28-17(19)27)4-3-9-20-16(18)26/h5-8,12-13,23H,3-4,9H2,1-2H3,(H2,19,27)(H,21,24)(H3,18,20,26). The Bertz CT molecular complexity index is 706. The number of anilines is 1. The van der Waals surface area contributed by atoms with Gasteiger partial charge in [0.15, 0.2) is 12.2 Å². The molecule has 2 atom stereocenters. The van der Waals surface area contributed by atoms with Gasteiger partial charge in [-0.1, -0.05) is 12.1 Å². The van der Waals surface area contributed by atoms with Crippen LogP contribution in [0.3, 0.4) is 0 Å². The monoisotopic (exact) mass is 395 g/mol. The average molecular weight is 395 g/mol. The fourth-order valence-electron chi connectivity index (χ4n) is 2.24. The van der Waals surface area contributed by atoms with Crippen LogP contribution in [0.1, 0.15) is 24.5 Å². The van der Waals surface area contributed by atoms with Crippen molar-refractivity contribution in [2.75, 3.05) is 26.0 Å². The summed E-state index contributed by atoms with van der Waals surface area (Å²) in [5, 5.41) is 14.9. The van der Waals surface area contributed by atoms with Crippen LogP contribution in [0.5, 0.6) is 0 Å². The van der Waals surface area contributed by atoms with Gasteiger partial charge in [-0.15, -0.1) is 0 Å². The Morgan fingerprint density at radius 3 is 2.25 bits per heavy atom. The molecule has 1 aromatic rings. The second-order valence-electron chi connectivity index (χ2n) is 6.11. The quantitative estimate of drug-likeness (QED) is 0.357. The van der Waals surface area contributed by atoms with E-state index in [0.717, 1.165) is 0 Å². The number of primary amides is 2. The molecule has 0 fully saturated rings. The van der Waals surface area contributed by atoms with Crippen LogP contribution in [0.2, 0.25) is 0 Å². The van der Waals surface area contributed by atoms with E-state index < -0.39 is 36.1 Å². The van der Waals surface area contributed by atoms with Crippen molar-refractivity contribution in [1.29, 1.82) is 0 Å². The molecule has 0 aliphatic carbocycles. The number of ether oxygens (including phenoxy) is 1. The number of nitrogens with one attached hydrogen (secondary N) is 2. The first-order valence-corrected chi connectivity index (χ1v) is 8.41. The van der Waals surface area contributed by atoms with Crippen LogP contribution in [0.4, 0.5) is 15.3 Å². The van der Waals surface area contributed by atoms with E-state index in [1.165, 1.54) is 43.3 Å². The fraction of sp³-hybridized carbons (Fsp3) is 0.412. The van der Waals surface area contributed by atoms with Crippen molar-refractivity contribution in [2.24, 2.45) is 11.5 Å². The Morgan fingerprint density at radius 2 is 1.75 bits per heavy atom. The zero-order chi connectivity index (χ0) is 21.3. The number of rotatable bonds is 9. The summed E-state index contributed by atoms with van der Waals surface area (Å²) in [7, 11) is 3.05. The molecule has 0 saturated carbocycles. The zero-order valence-electron chi connectivity index (χ0n) is 15.7. The highest BCUT2D eigenvalue weighted by Gasteiger charge is 2.23. The second kappa shape index (κ2) is 10.7. The van der Waals surface area contributed by atoms with Crippen molar-refractivity contribution in [3.8, 4) is 0 Å². The molecule has 0 aliphatic rings. The summed E-state index contributed by atoms with van der Waals surface area (Å²) >= 11 is 0. The molecule has 1 rings (SSSR count). The van der Waals surface area contributed by atoms with Crippen LogP contribution in [0, 0.1) is 0 Å². The number of aliphatic hydroxyl groups excluding tert-OH is 1. The molecular weight excluding hydrogens is 370 g/mol. The van der Waals surface area contributed by atoms with Crippen LogP contribution in [-0.2, 0) is 14.3 Å². The maximum atomic E-state index is 12.3. The van der Waals surface area contributed by atoms with Crippen molar-refractivity contribution in [1.82, 2.24) is 10.2 Å².